The molecule has 2 amide bonds. The van der Waals surface area contributed by atoms with Gasteiger partial charge >= 0.3 is 23.5 Å². The van der Waals surface area contributed by atoms with E-state index in [0.29, 0.717) is 6.42 Å². The molecule has 1 fully saturated rings. The highest BCUT2D eigenvalue weighted by Crippen LogP contribution is 2.61. The number of rotatable bonds is 22. The van der Waals surface area contributed by atoms with Crippen LogP contribution in [0.25, 0.3) is 11.2 Å². The van der Waals surface area contributed by atoms with E-state index in [1.807, 2.05) is 0 Å². The number of phosphoric acid groups is 3. The third-order valence-electron chi connectivity index (χ3n) is 7.64. The van der Waals surface area contributed by atoms with E-state index in [2.05, 4.69) is 34.4 Å². The van der Waals surface area contributed by atoms with Crippen LogP contribution < -0.4 is 16.4 Å². The zero-order valence-electron chi connectivity index (χ0n) is 29.5. The molecule has 11 N–H and O–H groups in total. The van der Waals surface area contributed by atoms with Crippen LogP contribution in [0.3, 0.4) is 0 Å². The summed E-state index contributed by atoms with van der Waals surface area (Å²) in [6.07, 6.45) is -7.28. The Balaban J connectivity index is 1.49. The quantitative estimate of drug-likeness (QED) is 0.0492. The van der Waals surface area contributed by atoms with Gasteiger partial charge in [-0.25, -0.2) is 28.6 Å². The minimum Gasteiger partial charge on any atom is -0.393 e. The lowest BCUT2D eigenvalue weighted by molar-refractivity contribution is -0.137. The summed E-state index contributed by atoms with van der Waals surface area (Å²) in [5.74, 6) is -1.25. The number of carbonyl (C=O) groups is 3. The number of fused-ring (bicyclic) bond motifs is 1. The number of hydrogen-bond donors (Lipinski definition) is 10. The minimum atomic E-state index is -5.57. The van der Waals surface area contributed by atoms with Gasteiger partial charge in [-0.2, -0.15) is 4.31 Å². The number of nitrogens with one attached hydrogen (secondary N) is 2. The van der Waals surface area contributed by atoms with Gasteiger partial charge < -0.3 is 56.0 Å². The van der Waals surface area contributed by atoms with E-state index in [0.717, 1.165) is 29.0 Å². The van der Waals surface area contributed by atoms with Gasteiger partial charge in [-0.3, -0.25) is 32.5 Å². The number of anilines is 1. The van der Waals surface area contributed by atoms with Crippen molar-refractivity contribution in [1.82, 2.24) is 30.2 Å². The second-order valence-electron chi connectivity index (χ2n) is 12.6. The first-order chi connectivity index (χ1) is 25.4. The Labute approximate surface area is 317 Å². The zero-order chi connectivity index (χ0) is 41.4. The van der Waals surface area contributed by atoms with E-state index in [1.165, 1.54) is 13.8 Å². The number of carbonyl (C=O) groups excluding carboxylic acids is 3. The maximum Gasteiger partial charge on any atom is 0.481 e. The Hall–Kier alpha value is -2.48. The number of nitrogen functional groups attached to an aromatic ring is 1. The van der Waals surface area contributed by atoms with E-state index < -0.39 is 90.7 Å². The van der Waals surface area contributed by atoms with Crippen molar-refractivity contribution < 1.29 is 85.6 Å². The monoisotopic (exact) mass is 867 g/mol. The molecular formula is C26H44N7O18P3S. The van der Waals surface area contributed by atoms with Crippen molar-refractivity contribution in [3.8, 4) is 0 Å². The van der Waals surface area contributed by atoms with Crippen LogP contribution >= 0.6 is 35.2 Å². The molecular weight excluding hydrogens is 823 g/mol. The third-order valence-corrected chi connectivity index (χ3v) is 11.6. The molecule has 3 unspecified atom stereocenters. The van der Waals surface area contributed by atoms with Gasteiger partial charge in [0.15, 0.2) is 22.8 Å². The lowest BCUT2D eigenvalue weighted by Crippen LogP contribution is -2.46. The van der Waals surface area contributed by atoms with Crippen molar-refractivity contribution in [2.45, 2.75) is 76.8 Å². The van der Waals surface area contributed by atoms with Gasteiger partial charge in [0.2, 0.25) is 11.8 Å². The van der Waals surface area contributed by atoms with Crippen LogP contribution in [0.2, 0.25) is 0 Å². The lowest BCUT2D eigenvalue weighted by Gasteiger charge is -2.30. The summed E-state index contributed by atoms with van der Waals surface area (Å²) in [5, 5.41) is 35.5. The second-order valence-corrected chi connectivity index (χ2v) is 17.9. The van der Waals surface area contributed by atoms with Crippen LogP contribution in [-0.2, 0) is 50.7 Å². The number of nitrogens with two attached hydrogens (primary N) is 1. The molecule has 0 radical (unpaired) electrons. The van der Waals surface area contributed by atoms with E-state index in [4.69, 9.17) is 19.5 Å². The number of aliphatic hydroxyl groups is 3. The molecule has 0 spiro atoms. The highest BCUT2D eigenvalue weighted by molar-refractivity contribution is 8.13. The van der Waals surface area contributed by atoms with Crippen molar-refractivity contribution in [3.05, 3.63) is 12.7 Å². The Kier molecular flexibility index (Phi) is 16.9. The molecule has 29 heteroatoms. The molecule has 3 heterocycles. The number of imidazole rings is 1. The molecule has 3 rings (SSSR count). The molecule has 0 aliphatic carbocycles. The van der Waals surface area contributed by atoms with Gasteiger partial charge in [0.1, 0.15) is 36.3 Å². The third kappa shape index (κ3) is 14.4. The molecule has 0 aromatic carbocycles. The number of phosphoric ester groups is 3. The second kappa shape index (κ2) is 19.8. The highest BCUT2D eigenvalue weighted by Gasteiger charge is 2.50. The van der Waals surface area contributed by atoms with Crippen LogP contribution in [0, 0.1) is 5.41 Å². The Morgan fingerprint density at radius 1 is 1.05 bits per heavy atom. The Morgan fingerprint density at radius 3 is 2.38 bits per heavy atom. The van der Waals surface area contributed by atoms with Gasteiger partial charge in [-0.05, 0) is 6.42 Å². The molecule has 8 atom stereocenters. The fourth-order valence-corrected chi connectivity index (χ4v) is 8.26. The molecule has 1 aliphatic heterocycles. The van der Waals surface area contributed by atoms with Crippen LogP contribution in [0.4, 0.5) is 5.82 Å². The summed E-state index contributed by atoms with van der Waals surface area (Å²) in [4.78, 5) is 87.1. The summed E-state index contributed by atoms with van der Waals surface area (Å²) < 4.78 is 62.0. The number of thioether (sulfide) groups is 1. The summed E-state index contributed by atoms with van der Waals surface area (Å²) in [5.41, 5.74) is 4.23. The molecule has 312 valence electrons. The first kappa shape index (κ1) is 46.9. The summed E-state index contributed by atoms with van der Waals surface area (Å²) in [7, 11) is -16.4. The molecule has 1 aliphatic rings. The maximum absolute atomic E-state index is 12.7. The fraction of sp³-hybridized carbons (Fsp3) is 0.692. The maximum atomic E-state index is 12.7. The summed E-state index contributed by atoms with van der Waals surface area (Å²) >= 11 is 0.954. The van der Waals surface area contributed by atoms with Crippen molar-refractivity contribution in [2.75, 3.05) is 37.8 Å². The normalized spacial score (nSPS) is 22.4. The Morgan fingerprint density at radius 2 is 1.73 bits per heavy atom. The van der Waals surface area contributed by atoms with Gasteiger partial charge in [-0.15, -0.1) is 0 Å². The van der Waals surface area contributed by atoms with E-state index >= 15 is 0 Å². The molecule has 2 aromatic heterocycles. The number of aliphatic hydroxyl groups excluding tert-OH is 3. The average molecular weight is 868 g/mol. The fourth-order valence-electron chi connectivity index (χ4n) is 4.69. The minimum absolute atomic E-state index is 0.00298. The number of ether oxygens (including phenoxy) is 1. The van der Waals surface area contributed by atoms with Crippen molar-refractivity contribution in [1.29, 1.82) is 0 Å². The summed E-state index contributed by atoms with van der Waals surface area (Å²) in [6, 6.07) is 0. The van der Waals surface area contributed by atoms with Crippen LogP contribution in [-0.4, -0.2) is 134 Å². The topological polar surface area (TPSA) is 384 Å². The number of hydrogen-bond acceptors (Lipinski definition) is 19. The number of amides is 2. The first-order valence-corrected chi connectivity index (χ1v) is 21.7. The van der Waals surface area contributed by atoms with E-state index in [9.17, 15) is 63.0 Å². The highest BCUT2D eigenvalue weighted by atomic mass is 32.2. The predicted molar refractivity (Wildman–Crippen MR) is 188 cm³/mol. The molecule has 2 aromatic rings. The lowest BCUT2D eigenvalue weighted by atomic mass is 9.87. The largest absolute Gasteiger partial charge is 0.481 e. The standard InChI is InChI=1S/C26H44N7O18P3S/c1-4-14(34)9-17(36)55-8-7-28-16(35)5-6-29-24(39)21(38)26(2,3)11-48-54(45,46)51-53(43,44)47-10-15-20(50-52(40,41)42)19(37)25(49-15)33-13-32-18-22(27)30-12-31-23(18)33/h12-15,19-21,25,34,37-38H,4-11H2,1-3H3,(H,28,35)(H,29,39)(H,43,44)(H,45,46)(H2,27,30,31)(H2,40,41,42)/t14?,15-,19-,20-,21+,25-/m1/s1. The SMILES string of the molecule is CCC(O)CC(=O)SCCNC(=O)CCNC(=O)[C@H](O)C(C)(C)COP(=O)(O)OP(=O)(O)OC[C@H]1O[C@@H](n2cnc3c(N)ncnc32)[C@H](O)[C@@H]1OP(=O)(O)O. The Bertz CT molecular complexity index is 1800. The van der Waals surface area contributed by atoms with Crippen molar-refractivity contribution in [3.63, 3.8) is 0 Å². The first-order valence-electron chi connectivity index (χ1n) is 16.2. The molecule has 1 saturated heterocycles. The number of nitrogens with zero attached hydrogens (tertiary/aromatic N) is 4. The molecule has 0 bridgehead atoms. The zero-order valence-corrected chi connectivity index (χ0v) is 33.0. The smallest absolute Gasteiger partial charge is 0.393 e. The van der Waals surface area contributed by atoms with Crippen molar-refractivity contribution >= 4 is 69.1 Å². The van der Waals surface area contributed by atoms with Gasteiger partial charge in [-0.1, -0.05) is 32.5 Å². The van der Waals surface area contributed by atoms with E-state index in [-0.39, 0.29) is 53.8 Å². The van der Waals surface area contributed by atoms with Crippen LogP contribution in [0.15, 0.2) is 12.7 Å². The van der Waals surface area contributed by atoms with Crippen LogP contribution in [0.1, 0.15) is 46.3 Å². The molecule has 25 nitrogen and oxygen atoms in total. The van der Waals surface area contributed by atoms with Crippen LogP contribution in [0.5, 0.6) is 0 Å². The predicted octanol–water partition coefficient (Wildman–Crippen LogP) is -1.17. The molecule has 55 heavy (non-hydrogen) atoms. The number of aromatic nitrogens is 4. The molecule has 0 saturated carbocycles. The van der Waals surface area contributed by atoms with E-state index in [1.54, 1.807) is 6.92 Å². The summed E-state index contributed by atoms with van der Waals surface area (Å²) in [6.45, 7) is 2.11. The van der Waals surface area contributed by atoms with Gasteiger partial charge in [0.05, 0.1) is 25.6 Å². The van der Waals surface area contributed by atoms with Gasteiger partial charge in [0, 0.05) is 37.1 Å². The average Bonchev–Trinajstić information content (AvgIpc) is 3.64. The van der Waals surface area contributed by atoms with Crippen molar-refractivity contribution in [2.24, 2.45) is 5.41 Å². The van der Waals surface area contributed by atoms with Gasteiger partial charge in [0.25, 0.3) is 0 Å².